The largest absolute Gasteiger partial charge is 0.490 e. The molecule has 3 aromatic rings. The smallest absolute Gasteiger partial charge is 0.195 e. The Morgan fingerprint density at radius 2 is 2.03 bits per heavy atom. The fraction of sp³-hybridized carbons (Fsp3) is 0.360. The Labute approximate surface area is 180 Å². The summed E-state index contributed by atoms with van der Waals surface area (Å²) in [5.74, 6) is 0.0273. The number of nitrogens with one attached hydrogen (secondary N) is 1. The van der Waals surface area contributed by atoms with E-state index in [-0.39, 0.29) is 11.9 Å². The van der Waals surface area contributed by atoms with Gasteiger partial charge in [0.25, 0.3) is 0 Å². The molecule has 2 aliphatic rings. The molecule has 1 fully saturated rings. The van der Waals surface area contributed by atoms with Crippen LogP contribution in [-0.4, -0.2) is 35.9 Å². The van der Waals surface area contributed by atoms with Crippen LogP contribution in [0, 0.1) is 11.3 Å². The number of nitriles is 1. The molecule has 0 saturated carbocycles. The predicted molar refractivity (Wildman–Crippen MR) is 115 cm³/mol. The van der Waals surface area contributed by atoms with Crippen molar-refractivity contribution in [2.75, 3.05) is 13.2 Å². The predicted octanol–water partition coefficient (Wildman–Crippen LogP) is 4.44. The van der Waals surface area contributed by atoms with E-state index in [1.807, 2.05) is 38.1 Å². The zero-order valence-electron chi connectivity index (χ0n) is 18.0. The average Bonchev–Trinajstić information content (AvgIpc) is 3.30. The number of hydrogen-bond acceptors (Lipinski definition) is 5. The standard InChI is InChI=1S/C25H24N2O4/c1-24(2)21-17(6-5-7-19(21)29-12-15-13-30-25(3,4)31-15)22(28)20-16-9-8-14(11-26)10-18(16)27-23(20)24/h5-10,15,27H,12-13H2,1-4H3. The first-order chi connectivity index (χ1) is 14.7. The molecule has 158 valence electrons. The number of hydrogen-bond donors (Lipinski definition) is 1. The molecule has 5 rings (SSSR count). The lowest BCUT2D eigenvalue weighted by molar-refractivity contribution is -0.141. The van der Waals surface area contributed by atoms with Crippen LogP contribution in [0.15, 0.2) is 36.4 Å². The van der Waals surface area contributed by atoms with Crippen molar-refractivity contribution >= 4 is 16.7 Å². The Morgan fingerprint density at radius 1 is 1.23 bits per heavy atom. The van der Waals surface area contributed by atoms with E-state index in [2.05, 4.69) is 24.9 Å². The number of aromatic amines is 1. The molecule has 1 saturated heterocycles. The molecule has 0 bridgehead atoms. The fourth-order valence-corrected chi connectivity index (χ4v) is 4.74. The summed E-state index contributed by atoms with van der Waals surface area (Å²) in [6, 6.07) is 13.2. The van der Waals surface area contributed by atoms with Crippen molar-refractivity contribution in [3.63, 3.8) is 0 Å². The topological polar surface area (TPSA) is 84.3 Å². The first-order valence-electron chi connectivity index (χ1n) is 10.4. The summed E-state index contributed by atoms with van der Waals surface area (Å²) in [7, 11) is 0. The quantitative estimate of drug-likeness (QED) is 0.682. The second kappa shape index (κ2) is 6.68. The average molecular weight is 416 g/mol. The van der Waals surface area contributed by atoms with Crippen molar-refractivity contribution in [2.24, 2.45) is 0 Å². The monoisotopic (exact) mass is 416 g/mol. The lowest BCUT2D eigenvalue weighted by Crippen LogP contribution is -2.32. The maximum absolute atomic E-state index is 13.5. The summed E-state index contributed by atoms with van der Waals surface area (Å²) in [6.45, 7) is 8.75. The number of nitrogens with zero attached hydrogens (tertiary/aromatic N) is 1. The molecule has 2 aromatic carbocycles. The zero-order valence-corrected chi connectivity index (χ0v) is 18.0. The van der Waals surface area contributed by atoms with Crippen LogP contribution in [0.2, 0.25) is 0 Å². The SMILES string of the molecule is CC1(C)OCC(COc2cccc3c2C(C)(C)c2[nH]c4cc(C#N)ccc4c2C3=O)O1. The van der Waals surface area contributed by atoms with Gasteiger partial charge in [0, 0.05) is 33.1 Å². The molecule has 0 amide bonds. The molecule has 1 atom stereocenters. The van der Waals surface area contributed by atoms with Crippen molar-refractivity contribution in [3.05, 3.63) is 64.3 Å². The first kappa shape index (κ1) is 19.8. The van der Waals surface area contributed by atoms with Gasteiger partial charge in [0.15, 0.2) is 11.6 Å². The van der Waals surface area contributed by atoms with Gasteiger partial charge in [-0.05, 0) is 32.0 Å². The van der Waals surface area contributed by atoms with Gasteiger partial charge in [0.2, 0.25) is 0 Å². The van der Waals surface area contributed by atoms with Crippen molar-refractivity contribution in [3.8, 4) is 11.8 Å². The Kier molecular flexibility index (Phi) is 4.27. The van der Waals surface area contributed by atoms with E-state index in [1.165, 1.54) is 0 Å². The number of H-pyrrole nitrogens is 1. The molecule has 6 heteroatoms. The molecule has 1 aliphatic heterocycles. The number of carbonyl (C=O) groups excluding carboxylic acids is 1. The van der Waals surface area contributed by atoms with Crippen LogP contribution in [-0.2, 0) is 14.9 Å². The van der Waals surface area contributed by atoms with Gasteiger partial charge in [-0.2, -0.15) is 5.26 Å². The van der Waals surface area contributed by atoms with Crippen molar-refractivity contribution in [1.29, 1.82) is 5.26 Å². The van der Waals surface area contributed by atoms with Crippen LogP contribution in [0.5, 0.6) is 5.75 Å². The van der Waals surface area contributed by atoms with E-state index in [4.69, 9.17) is 14.2 Å². The summed E-state index contributed by atoms with van der Waals surface area (Å²) < 4.78 is 17.7. The summed E-state index contributed by atoms with van der Waals surface area (Å²) in [5, 5.41) is 10.1. The fourth-order valence-electron chi connectivity index (χ4n) is 4.74. The third kappa shape index (κ3) is 3.04. The van der Waals surface area contributed by atoms with Gasteiger partial charge < -0.3 is 19.2 Å². The molecule has 1 aromatic heterocycles. The van der Waals surface area contributed by atoms with Gasteiger partial charge in [-0.1, -0.05) is 32.0 Å². The molecule has 0 spiro atoms. The molecule has 2 heterocycles. The van der Waals surface area contributed by atoms with E-state index in [9.17, 15) is 10.1 Å². The normalized spacial score (nSPS) is 20.9. The maximum Gasteiger partial charge on any atom is 0.195 e. The lowest BCUT2D eigenvalue weighted by Gasteiger charge is -2.33. The Balaban J connectivity index is 1.57. The van der Waals surface area contributed by atoms with E-state index in [0.29, 0.717) is 35.7 Å². The van der Waals surface area contributed by atoms with Gasteiger partial charge in [0.05, 0.1) is 23.8 Å². The maximum atomic E-state index is 13.5. The number of ether oxygens (including phenoxy) is 3. The molecular weight excluding hydrogens is 392 g/mol. The highest BCUT2D eigenvalue weighted by molar-refractivity contribution is 6.20. The lowest BCUT2D eigenvalue weighted by atomic mass is 9.71. The molecular formula is C25H24N2O4. The van der Waals surface area contributed by atoms with Crippen molar-refractivity contribution in [1.82, 2.24) is 4.98 Å². The van der Waals surface area contributed by atoms with Gasteiger partial charge in [-0.25, -0.2) is 0 Å². The number of carbonyl (C=O) groups is 1. The van der Waals surface area contributed by atoms with E-state index >= 15 is 0 Å². The second-order valence-electron chi connectivity index (χ2n) is 9.14. The van der Waals surface area contributed by atoms with Crippen LogP contribution in [0.25, 0.3) is 10.9 Å². The van der Waals surface area contributed by atoms with Crippen LogP contribution in [0.1, 0.15) is 60.4 Å². The summed E-state index contributed by atoms with van der Waals surface area (Å²) in [6.07, 6.45) is -0.165. The van der Waals surface area contributed by atoms with E-state index in [0.717, 1.165) is 22.2 Å². The number of benzene rings is 2. The molecule has 31 heavy (non-hydrogen) atoms. The molecule has 1 unspecified atom stereocenters. The highest BCUT2D eigenvalue weighted by Crippen LogP contribution is 2.47. The van der Waals surface area contributed by atoms with Crippen LogP contribution in [0.4, 0.5) is 0 Å². The number of rotatable bonds is 3. The highest BCUT2D eigenvalue weighted by atomic mass is 16.7. The van der Waals surface area contributed by atoms with Crippen LogP contribution in [0.3, 0.4) is 0 Å². The molecule has 1 aliphatic carbocycles. The van der Waals surface area contributed by atoms with Crippen molar-refractivity contribution in [2.45, 2.75) is 45.0 Å². The third-order valence-electron chi connectivity index (χ3n) is 6.17. The Morgan fingerprint density at radius 3 is 2.74 bits per heavy atom. The summed E-state index contributed by atoms with van der Waals surface area (Å²) in [4.78, 5) is 17.0. The van der Waals surface area contributed by atoms with Gasteiger partial charge in [-0.15, -0.1) is 0 Å². The van der Waals surface area contributed by atoms with Gasteiger partial charge >= 0.3 is 0 Å². The zero-order chi connectivity index (χ0) is 22.0. The number of aromatic nitrogens is 1. The van der Waals surface area contributed by atoms with E-state index < -0.39 is 11.2 Å². The number of ketones is 1. The van der Waals surface area contributed by atoms with Crippen LogP contribution >= 0.6 is 0 Å². The minimum atomic E-state index is -0.610. The molecule has 1 N–H and O–H groups in total. The minimum absolute atomic E-state index is 0.0349. The second-order valence-corrected chi connectivity index (χ2v) is 9.14. The van der Waals surface area contributed by atoms with Crippen LogP contribution < -0.4 is 4.74 Å². The van der Waals surface area contributed by atoms with Gasteiger partial charge in [0.1, 0.15) is 18.5 Å². The first-order valence-corrected chi connectivity index (χ1v) is 10.4. The van der Waals surface area contributed by atoms with Gasteiger partial charge in [-0.3, -0.25) is 4.79 Å². The Bertz CT molecular complexity index is 1260. The van der Waals surface area contributed by atoms with E-state index in [1.54, 1.807) is 12.1 Å². The summed E-state index contributed by atoms with van der Waals surface area (Å²) >= 11 is 0. The third-order valence-corrected chi connectivity index (χ3v) is 6.17. The Hall–Kier alpha value is -3.14. The van der Waals surface area contributed by atoms with Crippen molar-refractivity contribution < 1.29 is 19.0 Å². The summed E-state index contributed by atoms with van der Waals surface area (Å²) in [5.41, 5.74) is 3.87. The highest BCUT2D eigenvalue weighted by Gasteiger charge is 2.42. The molecule has 6 nitrogen and oxygen atoms in total. The molecule has 0 radical (unpaired) electrons. The number of fused-ring (bicyclic) bond motifs is 4. The minimum Gasteiger partial charge on any atom is -0.490 e.